The minimum absolute atomic E-state index is 0.0130. The van der Waals surface area contributed by atoms with Crippen LogP contribution in [-0.4, -0.2) is 40.8 Å². The normalized spacial score (nSPS) is 19.0. The highest BCUT2D eigenvalue weighted by Crippen LogP contribution is 2.24. The van der Waals surface area contributed by atoms with Crippen molar-refractivity contribution in [2.24, 2.45) is 5.92 Å². The minimum Gasteiger partial charge on any atom is -0.480 e. The van der Waals surface area contributed by atoms with Gasteiger partial charge < -0.3 is 15.7 Å². The molecule has 2 rings (SSSR count). The predicted octanol–water partition coefficient (Wildman–Crippen LogP) is 1.20. The molecule has 0 heterocycles. The number of carboxylic acid groups (broad SMARTS) is 1. The second-order valence-electron chi connectivity index (χ2n) is 6.81. The zero-order valence-electron chi connectivity index (χ0n) is 15.0. The van der Waals surface area contributed by atoms with E-state index in [-0.39, 0.29) is 18.6 Å². The molecule has 0 aliphatic heterocycles. The van der Waals surface area contributed by atoms with Crippen molar-refractivity contribution in [1.82, 2.24) is 10.6 Å². The van der Waals surface area contributed by atoms with Crippen LogP contribution in [0.1, 0.15) is 38.2 Å². The maximum atomic E-state index is 13.4. The summed E-state index contributed by atoms with van der Waals surface area (Å²) < 4.78 is 13.4. The van der Waals surface area contributed by atoms with Crippen LogP contribution < -0.4 is 10.6 Å². The molecule has 3 atom stereocenters. The Morgan fingerprint density at radius 1 is 1.30 bits per heavy atom. The maximum absolute atomic E-state index is 13.4. The van der Waals surface area contributed by atoms with E-state index in [0.717, 1.165) is 0 Å². The number of nitrogens with one attached hydrogen (secondary N) is 2. The molecule has 0 saturated heterocycles. The molecular formula is C19H23FN2O5. The Morgan fingerprint density at radius 2 is 2.04 bits per heavy atom. The van der Waals surface area contributed by atoms with Gasteiger partial charge in [-0.25, -0.2) is 9.18 Å². The highest BCUT2D eigenvalue weighted by Gasteiger charge is 2.35. The van der Waals surface area contributed by atoms with Crippen molar-refractivity contribution in [2.75, 3.05) is 0 Å². The van der Waals surface area contributed by atoms with Crippen LogP contribution in [0, 0.1) is 11.7 Å². The Morgan fingerprint density at radius 3 is 2.63 bits per heavy atom. The van der Waals surface area contributed by atoms with E-state index < -0.39 is 41.6 Å². The average molecular weight is 378 g/mol. The monoisotopic (exact) mass is 378 g/mol. The number of aliphatic carboxylic acids is 1. The topological polar surface area (TPSA) is 113 Å². The first-order valence-electron chi connectivity index (χ1n) is 8.82. The molecule has 2 amide bonds. The van der Waals surface area contributed by atoms with Crippen LogP contribution in [0.15, 0.2) is 24.3 Å². The molecule has 1 aliphatic carbocycles. The van der Waals surface area contributed by atoms with Crippen molar-refractivity contribution in [3.8, 4) is 0 Å². The molecule has 146 valence electrons. The summed E-state index contributed by atoms with van der Waals surface area (Å²) in [6.07, 6.45) is 1.65. The Labute approximate surface area is 156 Å². The molecule has 0 radical (unpaired) electrons. The first kappa shape index (κ1) is 20.5. The number of carboxylic acids is 1. The molecule has 27 heavy (non-hydrogen) atoms. The van der Waals surface area contributed by atoms with Gasteiger partial charge in [-0.3, -0.25) is 14.4 Å². The third-order valence-corrected chi connectivity index (χ3v) is 4.58. The van der Waals surface area contributed by atoms with Crippen LogP contribution in [0.4, 0.5) is 4.39 Å². The zero-order valence-corrected chi connectivity index (χ0v) is 15.0. The lowest BCUT2D eigenvalue weighted by molar-refractivity contribution is -0.144. The Balaban J connectivity index is 2.13. The highest BCUT2D eigenvalue weighted by molar-refractivity contribution is 5.90. The number of carbonyl (C=O) groups is 4. The third kappa shape index (κ3) is 6.16. The van der Waals surface area contributed by atoms with Crippen LogP contribution >= 0.6 is 0 Å². The Hall–Kier alpha value is -2.77. The SMILES string of the molecule is CC(=O)N[C@H](Cc1cccc(F)c1)C(=O)N[C@@H](C(=O)O)[C@H]1CCCC(=O)C1. The summed E-state index contributed by atoms with van der Waals surface area (Å²) in [6.45, 7) is 1.24. The van der Waals surface area contributed by atoms with E-state index in [1.54, 1.807) is 6.07 Å². The fourth-order valence-electron chi connectivity index (χ4n) is 3.33. The second kappa shape index (κ2) is 9.25. The lowest BCUT2D eigenvalue weighted by atomic mass is 9.83. The average Bonchev–Trinajstić information content (AvgIpc) is 2.58. The molecule has 7 nitrogen and oxygen atoms in total. The van der Waals surface area contributed by atoms with Crippen molar-refractivity contribution in [3.63, 3.8) is 0 Å². The van der Waals surface area contributed by atoms with Gasteiger partial charge in [0.25, 0.3) is 0 Å². The number of carbonyl (C=O) groups excluding carboxylic acids is 3. The van der Waals surface area contributed by atoms with Gasteiger partial charge in [0.15, 0.2) is 0 Å². The van der Waals surface area contributed by atoms with Gasteiger partial charge in [0.2, 0.25) is 11.8 Å². The number of halogens is 1. The van der Waals surface area contributed by atoms with E-state index >= 15 is 0 Å². The van der Waals surface area contributed by atoms with Gasteiger partial charge in [0.05, 0.1) is 0 Å². The number of amides is 2. The number of hydrogen-bond donors (Lipinski definition) is 3. The minimum atomic E-state index is -1.23. The molecule has 0 spiro atoms. The van der Waals surface area contributed by atoms with E-state index in [4.69, 9.17) is 0 Å². The molecule has 0 aromatic heterocycles. The van der Waals surface area contributed by atoms with Crippen LogP contribution in [0.5, 0.6) is 0 Å². The molecule has 1 saturated carbocycles. The fraction of sp³-hybridized carbons (Fsp3) is 0.474. The summed E-state index contributed by atoms with van der Waals surface area (Å²) in [5.74, 6) is -3.36. The number of ketones is 1. The van der Waals surface area contributed by atoms with Crippen LogP contribution in [0.3, 0.4) is 0 Å². The molecule has 0 unspecified atom stereocenters. The first-order valence-corrected chi connectivity index (χ1v) is 8.82. The smallest absolute Gasteiger partial charge is 0.326 e. The van der Waals surface area contributed by atoms with Gasteiger partial charge in [-0.15, -0.1) is 0 Å². The molecule has 8 heteroatoms. The molecule has 1 aromatic carbocycles. The number of hydrogen-bond acceptors (Lipinski definition) is 4. The molecule has 1 aromatic rings. The zero-order chi connectivity index (χ0) is 20.0. The van der Waals surface area contributed by atoms with Gasteiger partial charge in [0, 0.05) is 26.2 Å². The summed E-state index contributed by atoms with van der Waals surface area (Å²) in [6, 6.07) is 3.34. The quantitative estimate of drug-likeness (QED) is 0.660. The van der Waals surface area contributed by atoms with Crippen molar-refractivity contribution < 1.29 is 28.7 Å². The van der Waals surface area contributed by atoms with Crippen molar-refractivity contribution in [2.45, 2.75) is 51.1 Å². The number of benzene rings is 1. The predicted molar refractivity (Wildman–Crippen MR) is 94.2 cm³/mol. The Kier molecular flexibility index (Phi) is 7.04. The first-order chi connectivity index (χ1) is 12.8. The molecular weight excluding hydrogens is 355 g/mol. The number of Topliss-reactive ketones (excluding diaryl/α,β-unsaturated/α-hetero) is 1. The second-order valence-corrected chi connectivity index (χ2v) is 6.81. The summed E-state index contributed by atoms with van der Waals surface area (Å²) in [5.41, 5.74) is 0.489. The van der Waals surface area contributed by atoms with Gasteiger partial charge in [-0.1, -0.05) is 12.1 Å². The largest absolute Gasteiger partial charge is 0.480 e. The van der Waals surface area contributed by atoms with E-state index in [1.807, 2.05) is 0 Å². The summed E-state index contributed by atoms with van der Waals surface area (Å²) >= 11 is 0. The maximum Gasteiger partial charge on any atom is 0.326 e. The van der Waals surface area contributed by atoms with Gasteiger partial charge in [0.1, 0.15) is 23.7 Å². The van der Waals surface area contributed by atoms with E-state index in [9.17, 15) is 28.7 Å². The van der Waals surface area contributed by atoms with Gasteiger partial charge in [-0.05, 0) is 36.5 Å². The van der Waals surface area contributed by atoms with E-state index in [2.05, 4.69) is 10.6 Å². The van der Waals surface area contributed by atoms with Crippen molar-refractivity contribution in [1.29, 1.82) is 0 Å². The molecule has 1 fully saturated rings. The van der Waals surface area contributed by atoms with Crippen LogP contribution in [-0.2, 0) is 25.6 Å². The highest BCUT2D eigenvalue weighted by atomic mass is 19.1. The number of rotatable bonds is 7. The van der Waals surface area contributed by atoms with Gasteiger partial charge >= 0.3 is 5.97 Å². The fourth-order valence-corrected chi connectivity index (χ4v) is 3.33. The lowest BCUT2D eigenvalue weighted by Crippen LogP contribution is -2.54. The lowest BCUT2D eigenvalue weighted by Gasteiger charge is -2.29. The van der Waals surface area contributed by atoms with Gasteiger partial charge in [-0.2, -0.15) is 0 Å². The standard InChI is InChI=1S/C19H23FN2O5/c1-11(23)21-16(9-12-4-2-6-14(20)8-12)18(25)22-17(19(26)27)13-5-3-7-15(24)10-13/h2,4,6,8,13,16-17H,3,5,7,9-10H2,1H3,(H,21,23)(H,22,25)(H,26,27)/t13-,16+,17+/m0/s1. The van der Waals surface area contributed by atoms with Crippen molar-refractivity contribution >= 4 is 23.6 Å². The van der Waals surface area contributed by atoms with Crippen molar-refractivity contribution in [3.05, 3.63) is 35.6 Å². The summed E-state index contributed by atoms with van der Waals surface area (Å²) in [7, 11) is 0. The van der Waals surface area contributed by atoms with E-state index in [0.29, 0.717) is 24.8 Å². The third-order valence-electron chi connectivity index (χ3n) is 4.58. The molecule has 0 bridgehead atoms. The van der Waals surface area contributed by atoms with E-state index in [1.165, 1.54) is 25.1 Å². The van der Waals surface area contributed by atoms with Crippen LogP contribution in [0.25, 0.3) is 0 Å². The molecule has 1 aliphatic rings. The van der Waals surface area contributed by atoms with Crippen LogP contribution in [0.2, 0.25) is 0 Å². The molecule has 3 N–H and O–H groups in total. The Bertz CT molecular complexity index is 737. The summed E-state index contributed by atoms with van der Waals surface area (Å²) in [5, 5.41) is 14.4. The summed E-state index contributed by atoms with van der Waals surface area (Å²) in [4.78, 5) is 47.4.